The van der Waals surface area contributed by atoms with Crippen LogP contribution in [0.3, 0.4) is 0 Å². The van der Waals surface area contributed by atoms with Gasteiger partial charge in [-0.05, 0) is 25.7 Å². The molecule has 1 aliphatic heterocycles. The van der Waals surface area contributed by atoms with E-state index in [4.69, 9.17) is 0 Å². The number of unbranched alkanes of at least 4 members (excludes halogenated alkanes) is 2. The fourth-order valence-electron chi connectivity index (χ4n) is 2.29. The molecule has 1 aromatic heterocycles. The van der Waals surface area contributed by atoms with Crippen LogP contribution in [0.5, 0.6) is 0 Å². The van der Waals surface area contributed by atoms with Crippen molar-refractivity contribution in [2.24, 2.45) is 0 Å². The van der Waals surface area contributed by atoms with E-state index in [2.05, 4.69) is 21.9 Å². The Labute approximate surface area is 85.5 Å². The van der Waals surface area contributed by atoms with Crippen LogP contribution < -0.4 is 0 Å². The zero-order valence-corrected chi connectivity index (χ0v) is 8.95. The maximum Gasteiger partial charge on any atom is 0.0725 e. The maximum absolute atomic E-state index is 4.18. The van der Waals surface area contributed by atoms with E-state index in [1.807, 2.05) is 6.20 Å². The number of hydrogen-bond acceptors (Lipinski definition) is 2. The molecule has 1 atom stereocenters. The Kier molecular flexibility index (Phi) is 3.17. The van der Waals surface area contributed by atoms with Gasteiger partial charge in [-0.2, -0.15) is 0 Å². The first-order valence-corrected chi connectivity index (χ1v) is 5.81. The smallest absolute Gasteiger partial charge is 0.0725 e. The van der Waals surface area contributed by atoms with E-state index < -0.39 is 0 Å². The maximum atomic E-state index is 4.18. The molecule has 0 bridgehead atoms. The second-order valence-electron chi connectivity index (χ2n) is 4.21. The molecule has 1 aromatic rings. The van der Waals surface area contributed by atoms with Gasteiger partial charge in [0.25, 0.3) is 0 Å². The quantitative estimate of drug-likeness (QED) is 0.688. The van der Waals surface area contributed by atoms with Crippen LogP contribution in [0, 0.1) is 0 Å². The van der Waals surface area contributed by atoms with Crippen molar-refractivity contribution in [2.45, 2.75) is 57.9 Å². The van der Waals surface area contributed by atoms with E-state index in [-0.39, 0.29) is 0 Å². The fourth-order valence-corrected chi connectivity index (χ4v) is 2.29. The molecule has 14 heavy (non-hydrogen) atoms. The Hall–Kier alpha value is -0.860. The molecular weight excluding hydrogens is 174 g/mol. The lowest BCUT2D eigenvalue weighted by Crippen LogP contribution is -2.18. The van der Waals surface area contributed by atoms with Gasteiger partial charge >= 0.3 is 0 Å². The Morgan fingerprint density at radius 3 is 3.29 bits per heavy atom. The van der Waals surface area contributed by atoms with Gasteiger partial charge in [0.2, 0.25) is 0 Å². The van der Waals surface area contributed by atoms with Crippen LogP contribution in [-0.4, -0.2) is 15.0 Å². The highest BCUT2D eigenvalue weighted by molar-refractivity contribution is 4.99. The van der Waals surface area contributed by atoms with Gasteiger partial charge in [-0.1, -0.05) is 31.4 Å². The summed E-state index contributed by atoms with van der Waals surface area (Å²) in [5, 5.41) is 8.18. The molecule has 0 saturated heterocycles. The summed E-state index contributed by atoms with van der Waals surface area (Å²) in [6.45, 7) is 2.25. The van der Waals surface area contributed by atoms with Crippen molar-refractivity contribution in [1.82, 2.24) is 15.0 Å². The van der Waals surface area contributed by atoms with Crippen molar-refractivity contribution >= 4 is 0 Å². The molecule has 0 aliphatic carbocycles. The van der Waals surface area contributed by atoms with Crippen molar-refractivity contribution in [3.63, 3.8) is 0 Å². The number of nitrogens with zero attached hydrogens (tertiary/aromatic N) is 3. The zero-order valence-electron chi connectivity index (χ0n) is 8.95. The third-order valence-corrected chi connectivity index (χ3v) is 3.11. The SMILES string of the molecule is CCCCC[C@@H]1CCCc2cnnn21. The van der Waals surface area contributed by atoms with Crippen LogP contribution in [0.25, 0.3) is 0 Å². The van der Waals surface area contributed by atoms with Gasteiger partial charge in [-0.15, -0.1) is 5.10 Å². The molecule has 3 nitrogen and oxygen atoms in total. The molecule has 0 saturated carbocycles. The van der Waals surface area contributed by atoms with Gasteiger partial charge < -0.3 is 0 Å². The molecule has 0 radical (unpaired) electrons. The first-order valence-electron chi connectivity index (χ1n) is 5.81. The predicted octanol–water partition coefficient (Wildman–Crippen LogP) is 2.74. The van der Waals surface area contributed by atoms with E-state index in [1.54, 1.807) is 0 Å². The largest absolute Gasteiger partial charge is 0.246 e. The van der Waals surface area contributed by atoms with Crippen molar-refractivity contribution in [3.05, 3.63) is 11.9 Å². The lowest BCUT2D eigenvalue weighted by Gasteiger charge is -2.23. The standard InChI is InChI=1S/C11H19N3/c1-2-3-4-6-10-7-5-8-11-9-12-13-14(10)11/h9-10H,2-8H2,1H3/t10-/m1/s1. The summed E-state index contributed by atoms with van der Waals surface area (Å²) >= 11 is 0. The number of hydrogen-bond donors (Lipinski definition) is 0. The molecule has 0 fully saturated rings. The molecule has 0 unspecified atom stereocenters. The van der Waals surface area contributed by atoms with Gasteiger partial charge in [0.1, 0.15) is 0 Å². The van der Waals surface area contributed by atoms with E-state index in [9.17, 15) is 0 Å². The fraction of sp³-hybridized carbons (Fsp3) is 0.818. The minimum atomic E-state index is 0.632. The van der Waals surface area contributed by atoms with Crippen LogP contribution in [0.4, 0.5) is 0 Å². The first kappa shape index (κ1) is 9.69. The second kappa shape index (κ2) is 4.58. The zero-order chi connectivity index (χ0) is 9.80. The summed E-state index contributed by atoms with van der Waals surface area (Å²) in [6.07, 6.45) is 11.0. The van der Waals surface area contributed by atoms with Crippen LogP contribution in [0.1, 0.15) is 57.2 Å². The summed E-state index contributed by atoms with van der Waals surface area (Å²) in [4.78, 5) is 0. The van der Waals surface area contributed by atoms with Crippen LogP contribution >= 0.6 is 0 Å². The number of aryl methyl sites for hydroxylation is 1. The van der Waals surface area contributed by atoms with Gasteiger partial charge in [-0.3, -0.25) is 0 Å². The third-order valence-electron chi connectivity index (χ3n) is 3.11. The van der Waals surface area contributed by atoms with Crippen molar-refractivity contribution in [3.8, 4) is 0 Å². The van der Waals surface area contributed by atoms with E-state index in [1.165, 1.54) is 44.2 Å². The second-order valence-corrected chi connectivity index (χ2v) is 4.21. The predicted molar refractivity (Wildman–Crippen MR) is 56.1 cm³/mol. The molecule has 0 amide bonds. The molecular formula is C11H19N3. The monoisotopic (exact) mass is 193 g/mol. The molecule has 2 heterocycles. The molecule has 3 heteroatoms. The topological polar surface area (TPSA) is 30.7 Å². The summed E-state index contributed by atoms with van der Waals surface area (Å²) in [7, 11) is 0. The van der Waals surface area contributed by atoms with Crippen LogP contribution in [-0.2, 0) is 6.42 Å². The Morgan fingerprint density at radius 2 is 2.43 bits per heavy atom. The van der Waals surface area contributed by atoms with Crippen LogP contribution in [0.2, 0.25) is 0 Å². The first-order chi connectivity index (χ1) is 6.92. The summed E-state index contributed by atoms with van der Waals surface area (Å²) in [5.74, 6) is 0. The van der Waals surface area contributed by atoms with Crippen molar-refractivity contribution < 1.29 is 0 Å². The number of aromatic nitrogens is 3. The van der Waals surface area contributed by atoms with Crippen molar-refractivity contribution in [1.29, 1.82) is 0 Å². The Bertz CT molecular complexity index is 280. The normalized spacial score (nSPS) is 20.8. The van der Waals surface area contributed by atoms with E-state index in [0.717, 1.165) is 6.42 Å². The third kappa shape index (κ3) is 1.97. The van der Waals surface area contributed by atoms with Crippen molar-refractivity contribution in [2.75, 3.05) is 0 Å². The molecule has 0 spiro atoms. The minimum absolute atomic E-state index is 0.632. The number of fused-ring (bicyclic) bond motifs is 1. The Balaban J connectivity index is 1.94. The molecule has 0 N–H and O–H groups in total. The highest BCUT2D eigenvalue weighted by Gasteiger charge is 2.19. The molecule has 0 aromatic carbocycles. The highest BCUT2D eigenvalue weighted by atomic mass is 15.4. The molecule has 78 valence electrons. The van der Waals surface area contributed by atoms with E-state index in [0.29, 0.717) is 6.04 Å². The minimum Gasteiger partial charge on any atom is -0.246 e. The van der Waals surface area contributed by atoms with E-state index >= 15 is 0 Å². The molecule has 1 aliphatic rings. The Morgan fingerprint density at radius 1 is 1.50 bits per heavy atom. The lowest BCUT2D eigenvalue weighted by atomic mass is 9.98. The van der Waals surface area contributed by atoms with Gasteiger partial charge in [0.15, 0.2) is 0 Å². The van der Waals surface area contributed by atoms with Gasteiger partial charge in [0, 0.05) is 0 Å². The lowest BCUT2D eigenvalue weighted by molar-refractivity contribution is 0.331. The summed E-state index contributed by atoms with van der Waals surface area (Å²) in [5.41, 5.74) is 1.33. The average molecular weight is 193 g/mol. The highest BCUT2D eigenvalue weighted by Crippen LogP contribution is 2.27. The average Bonchev–Trinajstić information content (AvgIpc) is 2.67. The summed E-state index contributed by atoms with van der Waals surface area (Å²) < 4.78 is 2.15. The van der Waals surface area contributed by atoms with Crippen LogP contribution in [0.15, 0.2) is 6.20 Å². The molecule has 2 rings (SSSR count). The summed E-state index contributed by atoms with van der Waals surface area (Å²) in [6, 6.07) is 0.632. The number of rotatable bonds is 4. The van der Waals surface area contributed by atoms with Gasteiger partial charge in [-0.25, -0.2) is 4.68 Å². The van der Waals surface area contributed by atoms with Gasteiger partial charge in [0.05, 0.1) is 17.9 Å².